The molecule has 4 heteroatoms. The van der Waals surface area contributed by atoms with Gasteiger partial charge in [0, 0.05) is 30.8 Å². The first-order valence-corrected chi connectivity index (χ1v) is 13.0. The molecule has 3 aliphatic rings. The molecule has 35 heavy (non-hydrogen) atoms. The highest BCUT2D eigenvalue weighted by Gasteiger charge is 2.48. The van der Waals surface area contributed by atoms with Crippen LogP contribution < -0.4 is 0 Å². The highest BCUT2D eigenvalue weighted by molar-refractivity contribution is 5.79. The summed E-state index contributed by atoms with van der Waals surface area (Å²) in [4.78, 5) is 15.4. The molecule has 2 heterocycles. The largest absolute Gasteiger partial charge is 0.448 e. The van der Waals surface area contributed by atoms with E-state index in [4.69, 9.17) is 4.74 Å². The molecule has 2 unspecified atom stereocenters. The van der Waals surface area contributed by atoms with Crippen LogP contribution in [0.15, 0.2) is 72.8 Å². The molecular formula is C31H33NO3. The summed E-state index contributed by atoms with van der Waals surface area (Å²) in [7, 11) is 0. The zero-order valence-electron chi connectivity index (χ0n) is 20.3. The van der Waals surface area contributed by atoms with E-state index in [1.54, 1.807) is 0 Å². The zero-order valence-corrected chi connectivity index (χ0v) is 20.3. The van der Waals surface area contributed by atoms with Gasteiger partial charge in [-0.05, 0) is 59.1 Å². The summed E-state index contributed by atoms with van der Waals surface area (Å²) in [5.41, 5.74) is 6.28. The summed E-state index contributed by atoms with van der Waals surface area (Å²) in [6.45, 7) is 2.48. The van der Waals surface area contributed by atoms with Crippen LogP contribution in [0.1, 0.15) is 67.2 Å². The number of aliphatic hydroxyl groups is 1. The normalized spacial score (nSPS) is 25.1. The second-order valence-electron chi connectivity index (χ2n) is 10.4. The molecule has 1 amide bonds. The molecule has 0 spiro atoms. The number of aryl methyl sites for hydroxylation is 1. The molecule has 0 aromatic heterocycles. The van der Waals surface area contributed by atoms with Gasteiger partial charge in [-0.15, -0.1) is 0 Å². The van der Waals surface area contributed by atoms with Crippen LogP contribution in [0.3, 0.4) is 0 Å². The fourth-order valence-electron chi connectivity index (χ4n) is 6.68. The van der Waals surface area contributed by atoms with Crippen molar-refractivity contribution in [1.29, 1.82) is 0 Å². The predicted octanol–water partition coefficient (Wildman–Crippen LogP) is 6.40. The molecule has 0 radical (unpaired) electrons. The number of amides is 1. The van der Waals surface area contributed by atoms with Gasteiger partial charge in [0.25, 0.3) is 0 Å². The van der Waals surface area contributed by atoms with E-state index in [-0.39, 0.29) is 24.1 Å². The standard InChI is InChI=1S/C31H33NO3/c1-2-21-14-16-22(17-15-21)31(34)18-23-8-7-9-24(19-31)32(23)30(33)35-20-29-27-12-5-3-10-25(27)26-11-4-6-13-28(26)29/h3-6,10-17,23-24,29,34H,2,7-9,18-20H2,1H3. The van der Waals surface area contributed by atoms with E-state index >= 15 is 0 Å². The fourth-order valence-corrected chi connectivity index (χ4v) is 6.68. The molecule has 3 aromatic rings. The summed E-state index contributed by atoms with van der Waals surface area (Å²) in [6.07, 6.45) is 4.81. The SMILES string of the molecule is CCc1ccc(C2(O)CC3CCCC(C2)N3C(=O)OCC2c3ccccc3-c3ccccc32)cc1. The number of nitrogens with zero attached hydrogens (tertiary/aromatic N) is 1. The molecule has 3 aromatic carbocycles. The van der Waals surface area contributed by atoms with Crippen LogP contribution in [-0.4, -0.2) is 34.8 Å². The lowest BCUT2D eigenvalue weighted by molar-refractivity contribution is -0.0891. The Kier molecular flexibility index (Phi) is 5.64. The average molecular weight is 468 g/mol. The van der Waals surface area contributed by atoms with Crippen molar-refractivity contribution in [2.45, 2.75) is 69.1 Å². The highest BCUT2D eigenvalue weighted by Crippen LogP contribution is 2.46. The summed E-state index contributed by atoms with van der Waals surface area (Å²) < 4.78 is 6.03. The third kappa shape index (κ3) is 3.84. The van der Waals surface area contributed by atoms with Gasteiger partial charge < -0.3 is 14.7 Å². The fraction of sp³-hybridized carbons (Fsp3) is 0.387. The number of benzene rings is 3. The average Bonchev–Trinajstić information content (AvgIpc) is 3.20. The van der Waals surface area contributed by atoms with Crippen molar-refractivity contribution in [3.63, 3.8) is 0 Å². The third-order valence-corrected chi connectivity index (χ3v) is 8.45. The molecule has 0 saturated carbocycles. The maximum Gasteiger partial charge on any atom is 0.410 e. The van der Waals surface area contributed by atoms with Crippen molar-refractivity contribution < 1.29 is 14.6 Å². The number of rotatable bonds is 4. The maximum absolute atomic E-state index is 13.4. The summed E-state index contributed by atoms with van der Waals surface area (Å²) in [6, 6.07) is 25.2. The number of carbonyl (C=O) groups is 1. The Morgan fingerprint density at radius 2 is 1.49 bits per heavy atom. The number of carbonyl (C=O) groups excluding carboxylic acids is 1. The molecule has 2 atom stereocenters. The van der Waals surface area contributed by atoms with Crippen LogP contribution in [0.25, 0.3) is 11.1 Å². The molecule has 2 aliphatic heterocycles. The van der Waals surface area contributed by atoms with Gasteiger partial charge in [-0.25, -0.2) is 4.79 Å². The number of piperidine rings is 2. The minimum atomic E-state index is -0.887. The zero-order chi connectivity index (χ0) is 24.0. The van der Waals surface area contributed by atoms with Gasteiger partial charge in [-0.2, -0.15) is 0 Å². The van der Waals surface area contributed by atoms with E-state index in [0.29, 0.717) is 19.4 Å². The number of hydrogen-bond acceptors (Lipinski definition) is 3. The summed E-state index contributed by atoms with van der Waals surface area (Å²) in [5.74, 6) is 0.0602. The Morgan fingerprint density at radius 3 is 2.06 bits per heavy atom. The lowest BCUT2D eigenvalue weighted by Crippen LogP contribution is -2.59. The molecule has 6 rings (SSSR count). The topological polar surface area (TPSA) is 49.8 Å². The van der Waals surface area contributed by atoms with Gasteiger partial charge >= 0.3 is 6.09 Å². The number of fused-ring (bicyclic) bond motifs is 5. The minimum absolute atomic E-state index is 0.00834. The second-order valence-corrected chi connectivity index (χ2v) is 10.4. The van der Waals surface area contributed by atoms with Crippen LogP contribution in [0.2, 0.25) is 0 Å². The Bertz CT molecular complexity index is 1170. The second kappa shape index (κ2) is 8.83. The predicted molar refractivity (Wildman–Crippen MR) is 137 cm³/mol. The van der Waals surface area contributed by atoms with Crippen molar-refractivity contribution in [2.24, 2.45) is 0 Å². The van der Waals surface area contributed by atoms with Crippen molar-refractivity contribution in [1.82, 2.24) is 4.90 Å². The first kappa shape index (κ1) is 22.4. The van der Waals surface area contributed by atoms with Gasteiger partial charge in [-0.3, -0.25) is 0 Å². The Labute approximate surface area is 207 Å². The molecule has 1 aliphatic carbocycles. The van der Waals surface area contributed by atoms with Gasteiger partial charge in [0.15, 0.2) is 0 Å². The van der Waals surface area contributed by atoms with E-state index in [2.05, 4.69) is 79.7 Å². The first-order chi connectivity index (χ1) is 17.1. The van der Waals surface area contributed by atoms with Gasteiger partial charge in [0.2, 0.25) is 0 Å². The van der Waals surface area contributed by atoms with E-state index in [1.807, 2.05) is 4.90 Å². The Morgan fingerprint density at radius 1 is 0.914 bits per heavy atom. The van der Waals surface area contributed by atoms with Gasteiger partial charge in [0.05, 0.1) is 5.60 Å². The summed E-state index contributed by atoms with van der Waals surface area (Å²) in [5, 5.41) is 11.7. The van der Waals surface area contributed by atoms with Crippen LogP contribution in [0, 0.1) is 0 Å². The molecule has 2 bridgehead atoms. The smallest absolute Gasteiger partial charge is 0.410 e. The number of ether oxygens (including phenoxy) is 1. The molecule has 2 fully saturated rings. The van der Waals surface area contributed by atoms with Gasteiger partial charge in [0.1, 0.15) is 6.61 Å². The molecule has 2 saturated heterocycles. The molecular weight excluding hydrogens is 434 g/mol. The lowest BCUT2D eigenvalue weighted by atomic mass is 9.72. The third-order valence-electron chi connectivity index (χ3n) is 8.45. The monoisotopic (exact) mass is 467 g/mol. The van der Waals surface area contributed by atoms with Crippen molar-refractivity contribution in [2.75, 3.05) is 6.61 Å². The van der Waals surface area contributed by atoms with Crippen LogP contribution in [0.4, 0.5) is 4.79 Å². The molecule has 1 N–H and O–H groups in total. The van der Waals surface area contributed by atoms with Crippen molar-refractivity contribution in [3.05, 3.63) is 95.1 Å². The Hall–Kier alpha value is -3.11. The van der Waals surface area contributed by atoms with Crippen LogP contribution in [-0.2, 0) is 16.8 Å². The van der Waals surface area contributed by atoms with E-state index in [9.17, 15) is 9.90 Å². The lowest BCUT2D eigenvalue weighted by Gasteiger charge is -2.51. The summed E-state index contributed by atoms with van der Waals surface area (Å²) >= 11 is 0. The van der Waals surface area contributed by atoms with Crippen molar-refractivity contribution in [3.8, 4) is 11.1 Å². The van der Waals surface area contributed by atoms with E-state index < -0.39 is 5.60 Å². The number of hydrogen-bond donors (Lipinski definition) is 1. The highest BCUT2D eigenvalue weighted by atomic mass is 16.6. The Balaban J connectivity index is 1.19. The van der Waals surface area contributed by atoms with Crippen LogP contribution in [0.5, 0.6) is 0 Å². The van der Waals surface area contributed by atoms with Gasteiger partial charge in [-0.1, -0.05) is 79.7 Å². The first-order valence-electron chi connectivity index (χ1n) is 13.0. The molecule has 4 nitrogen and oxygen atoms in total. The van der Waals surface area contributed by atoms with Crippen LogP contribution >= 0.6 is 0 Å². The van der Waals surface area contributed by atoms with E-state index in [0.717, 1.165) is 31.2 Å². The van der Waals surface area contributed by atoms with Crippen molar-refractivity contribution >= 4 is 6.09 Å². The molecule has 180 valence electrons. The minimum Gasteiger partial charge on any atom is -0.448 e. The quantitative estimate of drug-likeness (QED) is 0.483. The van der Waals surface area contributed by atoms with E-state index in [1.165, 1.54) is 27.8 Å². The maximum atomic E-state index is 13.4.